The number of aromatic nitrogens is 5. The van der Waals surface area contributed by atoms with Gasteiger partial charge in [-0.2, -0.15) is 0 Å². The minimum absolute atomic E-state index is 0.0990. The molecular weight excluding hydrogens is 367 g/mol. The fraction of sp³-hybridized carbons (Fsp3) is 0.190. The molecule has 146 valence electrons. The number of carbonyl (C=O) groups is 1. The third-order valence-electron chi connectivity index (χ3n) is 4.78. The van der Waals surface area contributed by atoms with Gasteiger partial charge in [-0.3, -0.25) is 18.9 Å². The number of benzene rings is 1. The van der Waals surface area contributed by atoms with E-state index in [-0.39, 0.29) is 18.1 Å². The second-order valence-electron chi connectivity index (χ2n) is 6.81. The normalized spacial score (nSPS) is 11.0. The zero-order valence-electron chi connectivity index (χ0n) is 16.2. The van der Waals surface area contributed by atoms with E-state index >= 15 is 0 Å². The minimum atomic E-state index is -0.303. The van der Waals surface area contributed by atoms with Crippen LogP contribution in [0.25, 0.3) is 22.6 Å². The molecule has 0 aliphatic carbocycles. The number of imidazole rings is 1. The molecule has 0 aliphatic heterocycles. The number of fused-ring (bicyclic) bond motifs is 1. The van der Waals surface area contributed by atoms with Gasteiger partial charge in [0.05, 0.1) is 6.20 Å². The lowest BCUT2D eigenvalue weighted by molar-refractivity contribution is -0.131. The molecule has 0 unspecified atom stereocenters. The average molecular weight is 387 g/mol. The van der Waals surface area contributed by atoms with E-state index in [0.29, 0.717) is 23.5 Å². The van der Waals surface area contributed by atoms with Gasteiger partial charge in [-0.1, -0.05) is 36.4 Å². The number of likely N-dealkylation sites (N-methyl/N-ethyl adjacent to an activating group) is 1. The maximum Gasteiger partial charge on any atom is 0.330 e. The molecule has 0 atom stereocenters. The Hall–Kier alpha value is -3.81. The molecular formula is C21H20N6O2. The fourth-order valence-electron chi connectivity index (χ4n) is 3.15. The Labute approximate surface area is 167 Å². The Bertz CT molecular complexity index is 1210. The summed E-state index contributed by atoms with van der Waals surface area (Å²) in [5, 5.41) is 0. The molecule has 0 bridgehead atoms. The molecule has 0 radical (unpaired) electrons. The Morgan fingerprint density at radius 2 is 1.90 bits per heavy atom. The predicted octanol–water partition coefficient (Wildman–Crippen LogP) is 1.85. The van der Waals surface area contributed by atoms with Gasteiger partial charge in [-0.25, -0.2) is 14.8 Å². The first-order chi connectivity index (χ1) is 14.0. The number of hydrogen-bond acceptors (Lipinski definition) is 5. The van der Waals surface area contributed by atoms with Gasteiger partial charge in [0.25, 0.3) is 0 Å². The Morgan fingerprint density at radius 3 is 2.62 bits per heavy atom. The largest absolute Gasteiger partial charge is 0.340 e. The summed E-state index contributed by atoms with van der Waals surface area (Å²) in [5.74, 6) is 0.317. The highest BCUT2D eigenvalue weighted by atomic mass is 16.2. The molecule has 3 aromatic heterocycles. The lowest BCUT2D eigenvalue weighted by Gasteiger charge is -2.17. The summed E-state index contributed by atoms with van der Waals surface area (Å²) < 4.78 is 2.85. The van der Waals surface area contributed by atoms with Gasteiger partial charge in [0.15, 0.2) is 11.5 Å². The van der Waals surface area contributed by atoms with E-state index < -0.39 is 0 Å². The van der Waals surface area contributed by atoms with Crippen LogP contribution in [0.5, 0.6) is 0 Å². The van der Waals surface area contributed by atoms with Crippen molar-refractivity contribution in [3.63, 3.8) is 0 Å². The molecule has 29 heavy (non-hydrogen) atoms. The van der Waals surface area contributed by atoms with E-state index in [0.717, 1.165) is 11.1 Å². The molecule has 3 heterocycles. The molecule has 4 aromatic rings. The van der Waals surface area contributed by atoms with Gasteiger partial charge in [-0.15, -0.1) is 0 Å². The van der Waals surface area contributed by atoms with Crippen molar-refractivity contribution in [2.45, 2.75) is 13.1 Å². The number of rotatable bonds is 5. The number of nitrogens with zero attached hydrogens (tertiary/aromatic N) is 6. The highest BCUT2D eigenvalue weighted by Crippen LogP contribution is 2.17. The molecule has 8 heteroatoms. The zero-order chi connectivity index (χ0) is 20.4. The first-order valence-corrected chi connectivity index (χ1v) is 9.15. The van der Waals surface area contributed by atoms with Gasteiger partial charge < -0.3 is 4.90 Å². The van der Waals surface area contributed by atoms with Gasteiger partial charge in [0, 0.05) is 38.6 Å². The quantitative estimate of drug-likeness (QED) is 0.522. The van der Waals surface area contributed by atoms with Crippen LogP contribution in [0.15, 0.2) is 65.8 Å². The van der Waals surface area contributed by atoms with Gasteiger partial charge in [0.1, 0.15) is 12.1 Å². The van der Waals surface area contributed by atoms with Crippen LogP contribution in [0.4, 0.5) is 0 Å². The van der Waals surface area contributed by atoms with Crippen LogP contribution in [0.3, 0.4) is 0 Å². The molecule has 0 saturated carbocycles. The summed E-state index contributed by atoms with van der Waals surface area (Å²) in [6.45, 7) is 0.314. The van der Waals surface area contributed by atoms with Crippen LogP contribution in [0.2, 0.25) is 0 Å². The van der Waals surface area contributed by atoms with Crippen molar-refractivity contribution in [1.29, 1.82) is 0 Å². The SMILES string of the molecule is CN(Cc1cccnc1)C(=O)Cn1c(=O)n([11CH3])c2cnc(-c3ccccc3)nc21. The highest BCUT2D eigenvalue weighted by molar-refractivity contribution is 5.79. The zero-order valence-corrected chi connectivity index (χ0v) is 16.2. The summed E-state index contributed by atoms with van der Waals surface area (Å²) in [4.78, 5) is 40.1. The van der Waals surface area contributed by atoms with Crippen LogP contribution >= 0.6 is 0 Å². The van der Waals surface area contributed by atoms with Crippen molar-refractivity contribution >= 4 is 17.1 Å². The van der Waals surface area contributed by atoms with Crippen LogP contribution < -0.4 is 5.69 Å². The van der Waals surface area contributed by atoms with Crippen molar-refractivity contribution in [3.8, 4) is 11.4 Å². The lowest BCUT2D eigenvalue weighted by Crippen LogP contribution is -2.34. The summed E-state index contributed by atoms with van der Waals surface area (Å²) in [6.07, 6.45) is 5.02. The number of pyridine rings is 1. The lowest BCUT2D eigenvalue weighted by atomic mass is 10.2. The highest BCUT2D eigenvalue weighted by Gasteiger charge is 2.18. The molecule has 8 nitrogen and oxygen atoms in total. The predicted molar refractivity (Wildman–Crippen MR) is 109 cm³/mol. The standard InChI is InChI=1S/C21H20N6O2/c1-25(13-15-7-6-10-22-11-15)18(28)14-27-20-17(26(2)21(27)29)12-23-19(24-20)16-8-4-3-5-9-16/h3-12H,13-14H2,1-2H3/i2-1. The first kappa shape index (κ1) is 18.5. The van der Waals surface area contributed by atoms with Crippen molar-refractivity contribution < 1.29 is 4.79 Å². The van der Waals surface area contributed by atoms with Crippen molar-refractivity contribution in [3.05, 3.63) is 77.1 Å². The number of carbonyl (C=O) groups excluding carboxylic acids is 1. The second-order valence-corrected chi connectivity index (χ2v) is 6.81. The Balaban J connectivity index is 1.66. The molecule has 0 fully saturated rings. The summed E-state index contributed by atoms with van der Waals surface area (Å²) in [7, 11) is 3.35. The number of aryl methyl sites for hydroxylation is 1. The number of amides is 1. The van der Waals surface area contributed by atoms with E-state index in [1.165, 1.54) is 9.13 Å². The van der Waals surface area contributed by atoms with Crippen LogP contribution in [-0.2, 0) is 24.9 Å². The summed E-state index contributed by atoms with van der Waals surface area (Å²) in [6, 6.07) is 13.2. The number of hydrogen-bond donors (Lipinski definition) is 0. The Morgan fingerprint density at radius 1 is 1.10 bits per heavy atom. The summed E-state index contributed by atoms with van der Waals surface area (Å²) >= 11 is 0. The molecule has 1 amide bonds. The van der Waals surface area contributed by atoms with Crippen LogP contribution in [0, 0.1) is 0 Å². The minimum Gasteiger partial charge on any atom is -0.340 e. The summed E-state index contributed by atoms with van der Waals surface area (Å²) in [5.41, 5.74) is 2.48. The topological polar surface area (TPSA) is 85.9 Å². The fourth-order valence-corrected chi connectivity index (χ4v) is 3.15. The van der Waals surface area contributed by atoms with E-state index in [1.54, 1.807) is 37.6 Å². The molecule has 1 aromatic carbocycles. The molecule has 0 spiro atoms. The van der Waals surface area contributed by atoms with Crippen molar-refractivity contribution in [2.75, 3.05) is 7.05 Å². The monoisotopic (exact) mass is 387 g/mol. The van der Waals surface area contributed by atoms with Gasteiger partial charge >= 0.3 is 5.69 Å². The van der Waals surface area contributed by atoms with E-state index in [2.05, 4.69) is 15.0 Å². The average Bonchev–Trinajstić information content (AvgIpc) is 2.99. The van der Waals surface area contributed by atoms with Gasteiger partial charge in [0.2, 0.25) is 5.91 Å². The van der Waals surface area contributed by atoms with Gasteiger partial charge in [-0.05, 0) is 11.6 Å². The smallest absolute Gasteiger partial charge is 0.330 e. The van der Waals surface area contributed by atoms with Crippen LogP contribution in [0.1, 0.15) is 5.56 Å². The first-order valence-electron chi connectivity index (χ1n) is 9.15. The molecule has 4 rings (SSSR count). The van der Waals surface area contributed by atoms with Crippen molar-refractivity contribution in [1.82, 2.24) is 29.0 Å². The van der Waals surface area contributed by atoms with E-state index in [1.807, 2.05) is 42.5 Å². The maximum absolute atomic E-state index is 12.8. The third kappa shape index (κ3) is 3.64. The van der Waals surface area contributed by atoms with E-state index in [9.17, 15) is 9.59 Å². The molecule has 0 saturated heterocycles. The molecule has 0 aliphatic rings. The van der Waals surface area contributed by atoms with Crippen LogP contribution in [-0.4, -0.2) is 41.9 Å². The third-order valence-corrected chi connectivity index (χ3v) is 4.78. The second kappa shape index (κ2) is 7.67. The Kier molecular flexibility index (Phi) is 4.90. The molecule has 0 N–H and O–H groups in total. The maximum atomic E-state index is 12.8. The van der Waals surface area contributed by atoms with E-state index in [4.69, 9.17) is 0 Å². The van der Waals surface area contributed by atoms with Crippen molar-refractivity contribution in [2.24, 2.45) is 7.05 Å².